The number of methoxy groups -OCH3 is 3. The van der Waals surface area contributed by atoms with Crippen LogP contribution in [0.15, 0.2) is 36.5 Å². The highest BCUT2D eigenvalue weighted by Gasteiger charge is 2.18. The second kappa shape index (κ2) is 8.22. The molecule has 0 atom stereocenters. The first-order chi connectivity index (χ1) is 13.1. The summed E-state index contributed by atoms with van der Waals surface area (Å²) in [6.07, 6.45) is 1.75. The van der Waals surface area contributed by atoms with Gasteiger partial charge >= 0.3 is 0 Å². The Bertz CT molecular complexity index is 914. The molecule has 0 aliphatic carbocycles. The van der Waals surface area contributed by atoms with Crippen LogP contribution in [0.3, 0.4) is 0 Å². The van der Waals surface area contributed by atoms with Crippen molar-refractivity contribution in [2.24, 2.45) is 0 Å². The van der Waals surface area contributed by atoms with Crippen LogP contribution < -0.4 is 18.9 Å². The van der Waals surface area contributed by atoms with Crippen molar-refractivity contribution in [3.8, 4) is 45.4 Å². The number of ether oxygens (including phenoxy) is 4. The summed E-state index contributed by atoms with van der Waals surface area (Å²) in [6, 6.07) is 9.40. The van der Waals surface area contributed by atoms with Gasteiger partial charge < -0.3 is 18.9 Å². The highest BCUT2D eigenvalue weighted by atomic mass is 35.5. The molecule has 0 aliphatic heterocycles. The predicted octanol–water partition coefficient (Wildman–Crippen LogP) is 4.82. The molecule has 1 heterocycles. The molecule has 0 fully saturated rings. The lowest BCUT2D eigenvalue weighted by Crippen LogP contribution is -1.96. The van der Waals surface area contributed by atoms with E-state index < -0.39 is 0 Å². The van der Waals surface area contributed by atoms with Gasteiger partial charge in [0.15, 0.2) is 11.5 Å². The van der Waals surface area contributed by atoms with Crippen LogP contribution in [0, 0.1) is 0 Å². The number of aromatic nitrogens is 2. The van der Waals surface area contributed by atoms with Gasteiger partial charge in [-0.1, -0.05) is 17.7 Å². The molecule has 0 aliphatic rings. The van der Waals surface area contributed by atoms with Crippen LogP contribution >= 0.6 is 11.6 Å². The maximum absolute atomic E-state index is 6.35. The number of H-pyrrole nitrogens is 1. The van der Waals surface area contributed by atoms with Crippen LogP contribution in [-0.4, -0.2) is 38.1 Å². The Hall–Kier alpha value is -2.86. The molecule has 0 saturated carbocycles. The Balaban J connectivity index is 2.09. The second-order valence-corrected chi connectivity index (χ2v) is 6.06. The Morgan fingerprint density at radius 3 is 2.19 bits per heavy atom. The molecular weight excluding hydrogens is 368 g/mol. The number of nitrogens with zero attached hydrogens (tertiary/aromatic N) is 1. The van der Waals surface area contributed by atoms with Gasteiger partial charge in [0.25, 0.3) is 0 Å². The van der Waals surface area contributed by atoms with Crippen LogP contribution in [-0.2, 0) is 0 Å². The van der Waals surface area contributed by atoms with Crippen LogP contribution in [0.2, 0.25) is 5.02 Å². The SMILES string of the molecule is CCOc1ccc(-c2cn[nH]c2-c2cc(OC)c(OC)c(OC)c2)cc1Cl. The van der Waals surface area contributed by atoms with E-state index in [2.05, 4.69) is 10.2 Å². The summed E-state index contributed by atoms with van der Waals surface area (Å²) in [5.74, 6) is 2.32. The molecule has 0 amide bonds. The fraction of sp³-hybridized carbons (Fsp3) is 0.250. The van der Waals surface area contributed by atoms with Crippen molar-refractivity contribution in [2.45, 2.75) is 6.92 Å². The van der Waals surface area contributed by atoms with Gasteiger partial charge in [0.2, 0.25) is 5.75 Å². The van der Waals surface area contributed by atoms with E-state index in [1.807, 2.05) is 37.3 Å². The molecular formula is C20H21ClN2O4. The van der Waals surface area contributed by atoms with E-state index in [4.69, 9.17) is 30.5 Å². The number of hydrogen-bond donors (Lipinski definition) is 1. The molecule has 0 saturated heterocycles. The average Bonchev–Trinajstić information content (AvgIpc) is 3.18. The first-order valence-corrected chi connectivity index (χ1v) is 8.77. The molecule has 1 aromatic heterocycles. The van der Waals surface area contributed by atoms with Gasteiger partial charge in [-0.05, 0) is 36.8 Å². The third-order valence-corrected chi connectivity index (χ3v) is 4.43. The number of rotatable bonds is 7. The van der Waals surface area contributed by atoms with E-state index in [0.717, 1.165) is 22.4 Å². The number of hydrogen-bond acceptors (Lipinski definition) is 5. The van der Waals surface area contributed by atoms with Crippen molar-refractivity contribution in [2.75, 3.05) is 27.9 Å². The normalized spacial score (nSPS) is 10.6. The molecule has 0 radical (unpaired) electrons. The second-order valence-electron chi connectivity index (χ2n) is 5.65. The topological polar surface area (TPSA) is 65.6 Å². The Labute approximate surface area is 163 Å². The lowest BCUT2D eigenvalue weighted by Gasteiger charge is -2.14. The minimum Gasteiger partial charge on any atom is -0.493 e. The number of halogens is 1. The lowest BCUT2D eigenvalue weighted by molar-refractivity contribution is 0.324. The summed E-state index contributed by atoms with van der Waals surface area (Å²) in [6.45, 7) is 2.48. The van der Waals surface area contributed by atoms with E-state index in [1.54, 1.807) is 27.5 Å². The first-order valence-electron chi connectivity index (χ1n) is 8.39. The molecule has 142 valence electrons. The maximum Gasteiger partial charge on any atom is 0.203 e. The van der Waals surface area contributed by atoms with Gasteiger partial charge in [0.05, 0.1) is 44.8 Å². The largest absolute Gasteiger partial charge is 0.493 e. The fourth-order valence-corrected chi connectivity index (χ4v) is 3.13. The number of aromatic amines is 1. The molecule has 7 heteroatoms. The summed E-state index contributed by atoms with van der Waals surface area (Å²) < 4.78 is 21.8. The van der Waals surface area contributed by atoms with Crippen molar-refractivity contribution in [3.63, 3.8) is 0 Å². The standard InChI is InChI=1S/C20H21ClN2O4/c1-5-27-16-7-6-12(8-15(16)21)14-11-22-23-19(14)13-9-17(24-2)20(26-4)18(10-13)25-3/h6-11H,5H2,1-4H3,(H,22,23). The highest BCUT2D eigenvalue weighted by molar-refractivity contribution is 6.32. The molecule has 3 aromatic rings. The summed E-state index contributed by atoms with van der Waals surface area (Å²) >= 11 is 6.35. The van der Waals surface area contributed by atoms with Gasteiger partial charge in [-0.25, -0.2) is 0 Å². The molecule has 1 N–H and O–H groups in total. The maximum atomic E-state index is 6.35. The van der Waals surface area contributed by atoms with Crippen LogP contribution in [0.25, 0.3) is 22.4 Å². The smallest absolute Gasteiger partial charge is 0.203 e. The van der Waals surface area contributed by atoms with Gasteiger partial charge in [-0.3, -0.25) is 5.10 Å². The summed E-state index contributed by atoms with van der Waals surface area (Å²) in [4.78, 5) is 0. The van der Waals surface area contributed by atoms with Crippen LogP contribution in [0.4, 0.5) is 0 Å². The molecule has 0 bridgehead atoms. The van der Waals surface area contributed by atoms with Gasteiger partial charge in [-0.15, -0.1) is 0 Å². The van der Waals surface area contributed by atoms with Crippen molar-refractivity contribution < 1.29 is 18.9 Å². The van der Waals surface area contributed by atoms with Crippen LogP contribution in [0.1, 0.15) is 6.92 Å². The quantitative estimate of drug-likeness (QED) is 0.628. The van der Waals surface area contributed by atoms with E-state index >= 15 is 0 Å². The Morgan fingerprint density at radius 1 is 0.926 bits per heavy atom. The summed E-state index contributed by atoms with van der Waals surface area (Å²) in [5.41, 5.74) is 3.48. The minimum atomic E-state index is 0.536. The molecule has 3 rings (SSSR count). The zero-order chi connectivity index (χ0) is 19.4. The predicted molar refractivity (Wildman–Crippen MR) is 105 cm³/mol. The monoisotopic (exact) mass is 388 g/mol. The highest BCUT2D eigenvalue weighted by Crippen LogP contribution is 2.43. The number of benzene rings is 2. The van der Waals surface area contributed by atoms with Crippen molar-refractivity contribution in [3.05, 3.63) is 41.6 Å². The Kier molecular flexibility index (Phi) is 5.76. The van der Waals surface area contributed by atoms with Gasteiger partial charge in [-0.2, -0.15) is 5.10 Å². The summed E-state index contributed by atoms with van der Waals surface area (Å²) in [7, 11) is 4.74. The molecule has 6 nitrogen and oxygen atoms in total. The molecule has 0 unspecified atom stereocenters. The Morgan fingerprint density at radius 2 is 1.63 bits per heavy atom. The molecule has 27 heavy (non-hydrogen) atoms. The first kappa shape index (κ1) is 18.9. The van der Waals surface area contributed by atoms with Gasteiger partial charge in [0.1, 0.15) is 5.75 Å². The average molecular weight is 389 g/mol. The van der Waals surface area contributed by atoms with E-state index in [-0.39, 0.29) is 0 Å². The van der Waals surface area contributed by atoms with Gasteiger partial charge in [0, 0.05) is 11.1 Å². The summed E-state index contributed by atoms with van der Waals surface area (Å²) in [5, 5.41) is 7.80. The van der Waals surface area contributed by atoms with E-state index in [1.165, 1.54) is 0 Å². The number of nitrogens with one attached hydrogen (secondary N) is 1. The minimum absolute atomic E-state index is 0.536. The third-order valence-electron chi connectivity index (χ3n) is 4.14. The zero-order valence-electron chi connectivity index (χ0n) is 15.6. The molecule has 0 spiro atoms. The van der Waals surface area contributed by atoms with Crippen LogP contribution in [0.5, 0.6) is 23.0 Å². The van der Waals surface area contributed by atoms with Crippen molar-refractivity contribution in [1.82, 2.24) is 10.2 Å². The van der Waals surface area contributed by atoms with Crippen molar-refractivity contribution >= 4 is 11.6 Å². The van der Waals surface area contributed by atoms with E-state index in [0.29, 0.717) is 34.6 Å². The lowest BCUT2D eigenvalue weighted by atomic mass is 10.0. The van der Waals surface area contributed by atoms with Crippen molar-refractivity contribution in [1.29, 1.82) is 0 Å². The fourth-order valence-electron chi connectivity index (χ4n) is 2.89. The van der Waals surface area contributed by atoms with E-state index in [9.17, 15) is 0 Å². The zero-order valence-corrected chi connectivity index (χ0v) is 16.4. The third kappa shape index (κ3) is 3.66. The molecule has 2 aromatic carbocycles.